The van der Waals surface area contributed by atoms with Gasteiger partial charge in [0.2, 0.25) is 0 Å². The van der Waals surface area contributed by atoms with Crippen LogP contribution in [0.5, 0.6) is 11.5 Å². The highest BCUT2D eigenvalue weighted by Gasteiger charge is 2.43. The van der Waals surface area contributed by atoms with Crippen molar-refractivity contribution in [2.75, 3.05) is 14.2 Å². The summed E-state index contributed by atoms with van der Waals surface area (Å²) < 4.78 is 10.5. The van der Waals surface area contributed by atoms with Gasteiger partial charge in [-0.1, -0.05) is 29.8 Å². The van der Waals surface area contributed by atoms with E-state index in [0.717, 1.165) is 5.56 Å². The second-order valence-electron chi connectivity index (χ2n) is 5.28. The number of methoxy groups -OCH3 is 2. The first-order valence-corrected chi connectivity index (χ1v) is 6.88. The fraction of sp³-hybridized carbons (Fsp3) is 0.235. The first kappa shape index (κ1) is 14.4. The minimum absolute atomic E-state index is 0.348. The Morgan fingerprint density at radius 2 is 1.64 bits per heavy atom. The van der Waals surface area contributed by atoms with Crippen molar-refractivity contribution in [2.24, 2.45) is 0 Å². The van der Waals surface area contributed by atoms with E-state index in [1.165, 1.54) is 14.2 Å². The van der Waals surface area contributed by atoms with Crippen LogP contribution in [0.1, 0.15) is 27.0 Å². The summed E-state index contributed by atoms with van der Waals surface area (Å²) >= 11 is 0. The number of hydrogen-bond donors (Lipinski definition) is 2. The van der Waals surface area contributed by atoms with E-state index >= 15 is 0 Å². The van der Waals surface area contributed by atoms with Gasteiger partial charge < -0.3 is 19.9 Å². The number of rotatable bonds is 3. The van der Waals surface area contributed by atoms with Gasteiger partial charge in [-0.2, -0.15) is 0 Å². The molecule has 1 atom stereocenters. The highest BCUT2D eigenvalue weighted by molar-refractivity contribution is 6.01. The molecule has 22 heavy (non-hydrogen) atoms. The molecule has 1 amide bonds. The van der Waals surface area contributed by atoms with Gasteiger partial charge in [-0.05, 0) is 19.1 Å². The standard InChI is InChI=1S/C17H17NO4/c1-10-4-6-11(7-5-10)17(20)13-9-15(22-3)14(21-2)8-12(13)16(19)18-17/h4-9,20H,1-3H3,(H,18,19). The van der Waals surface area contributed by atoms with E-state index in [9.17, 15) is 9.90 Å². The van der Waals surface area contributed by atoms with E-state index in [1.54, 1.807) is 24.3 Å². The molecule has 0 saturated carbocycles. The van der Waals surface area contributed by atoms with E-state index in [-0.39, 0.29) is 5.91 Å². The fourth-order valence-corrected chi connectivity index (χ4v) is 2.69. The van der Waals surface area contributed by atoms with E-state index in [1.807, 2.05) is 19.1 Å². The molecule has 2 aromatic carbocycles. The molecule has 0 spiro atoms. The zero-order chi connectivity index (χ0) is 15.9. The van der Waals surface area contributed by atoms with Crippen LogP contribution in [0.4, 0.5) is 0 Å². The van der Waals surface area contributed by atoms with Gasteiger partial charge >= 0.3 is 0 Å². The van der Waals surface area contributed by atoms with Crippen LogP contribution >= 0.6 is 0 Å². The third-order valence-electron chi connectivity index (χ3n) is 3.92. The lowest BCUT2D eigenvalue weighted by molar-refractivity contribution is 0.0475. The first-order chi connectivity index (χ1) is 10.5. The van der Waals surface area contributed by atoms with Crippen LogP contribution < -0.4 is 14.8 Å². The van der Waals surface area contributed by atoms with Gasteiger partial charge in [0.1, 0.15) is 0 Å². The summed E-state index contributed by atoms with van der Waals surface area (Å²) in [5.41, 5.74) is 0.931. The molecule has 1 aliphatic heterocycles. The predicted molar refractivity (Wildman–Crippen MR) is 81.2 cm³/mol. The van der Waals surface area contributed by atoms with Crippen LogP contribution in [-0.4, -0.2) is 25.2 Å². The number of ether oxygens (including phenoxy) is 2. The topological polar surface area (TPSA) is 67.8 Å². The number of aryl methyl sites for hydroxylation is 1. The molecule has 0 saturated heterocycles. The van der Waals surface area contributed by atoms with Crippen molar-refractivity contribution in [3.05, 3.63) is 58.7 Å². The lowest BCUT2D eigenvalue weighted by atomic mass is 9.93. The van der Waals surface area contributed by atoms with Crippen molar-refractivity contribution in [1.29, 1.82) is 0 Å². The summed E-state index contributed by atoms with van der Waals surface area (Å²) in [6, 6.07) is 10.6. The Morgan fingerprint density at radius 1 is 1.05 bits per heavy atom. The normalized spacial score (nSPS) is 19.5. The second kappa shape index (κ2) is 5.03. The summed E-state index contributed by atoms with van der Waals surface area (Å²) in [6.45, 7) is 1.96. The number of carbonyl (C=O) groups is 1. The number of nitrogens with one attached hydrogen (secondary N) is 1. The number of hydrogen-bond acceptors (Lipinski definition) is 4. The molecule has 0 aromatic heterocycles. The molecule has 114 valence electrons. The van der Waals surface area contributed by atoms with E-state index in [4.69, 9.17) is 9.47 Å². The number of benzene rings is 2. The SMILES string of the molecule is COc1cc2c(cc1OC)C(O)(c1ccc(C)cc1)NC2=O. The summed E-state index contributed by atoms with van der Waals surface area (Å²) in [5.74, 6) is 0.562. The zero-order valence-corrected chi connectivity index (χ0v) is 12.6. The third-order valence-corrected chi connectivity index (χ3v) is 3.92. The Bertz CT molecular complexity index is 739. The number of amides is 1. The van der Waals surface area contributed by atoms with Gasteiger partial charge in [0.05, 0.1) is 19.8 Å². The van der Waals surface area contributed by atoms with Crippen LogP contribution in [-0.2, 0) is 5.72 Å². The van der Waals surface area contributed by atoms with Crippen LogP contribution in [0.15, 0.2) is 36.4 Å². The van der Waals surface area contributed by atoms with Gasteiger partial charge in [0, 0.05) is 11.1 Å². The van der Waals surface area contributed by atoms with Crippen LogP contribution in [0, 0.1) is 6.92 Å². The lowest BCUT2D eigenvalue weighted by Crippen LogP contribution is -2.40. The molecule has 5 nitrogen and oxygen atoms in total. The van der Waals surface area contributed by atoms with E-state index < -0.39 is 5.72 Å². The zero-order valence-electron chi connectivity index (χ0n) is 12.6. The summed E-state index contributed by atoms with van der Waals surface area (Å²) in [7, 11) is 3.02. The Labute approximate surface area is 128 Å². The average molecular weight is 299 g/mol. The third kappa shape index (κ3) is 2.02. The van der Waals surface area contributed by atoms with Crippen LogP contribution in [0.2, 0.25) is 0 Å². The molecule has 3 rings (SSSR count). The smallest absolute Gasteiger partial charge is 0.254 e. The van der Waals surface area contributed by atoms with Gasteiger partial charge in [-0.25, -0.2) is 0 Å². The quantitative estimate of drug-likeness (QED) is 0.909. The largest absolute Gasteiger partial charge is 0.493 e. The molecular formula is C17H17NO4. The summed E-state index contributed by atoms with van der Waals surface area (Å²) in [4.78, 5) is 12.2. The molecule has 1 unspecified atom stereocenters. The monoisotopic (exact) mass is 299 g/mol. The number of carbonyl (C=O) groups excluding carboxylic acids is 1. The molecule has 2 aromatic rings. The minimum atomic E-state index is -1.57. The van der Waals surface area contributed by atoms with Crippen molar-refractivity contribution in [1.82, 2.24) is 5.32 Å². The first-order valence-electron chi connectivity index (χ1n) is 6.88. The average Bonchev–Trinajstić information content (AvgIpc) is 2.78. The Kier molecular flexibility index (Phi) is 3.30. The Morgan fingerprint density at radius 3 is 2.23 bits per heavy atom. The number of fused-ring (bicyclic) bond motifs is 1. The second-order valence-corrected chi connectivity index (χ2v) is 5.28. The van der Waals surface area contributed by atoms with Gasteiger partial charge in [0.15, 0.2) is 17.2 Å². The summed E-state index contributed by atoms with van der Waals surface area (Å²) in [5, 5.41) is 13.7. The Balaban J connectivity index is 2.19. The maximum atomic E-state index is 12.2. The molecule has 5 heteroatoms. The summed E-state index contributed by atoms with van der Waals surface area (Å²) in [6.07, 6.45) is 0. The van der Waals surface area contributed by atoms with Crippen LogP contribution in [0.25, 0.3) is 0 Å². The van der Waals surface area contributed by atoms with Gasteiger partial charge in [-0.15, -0.1) is 0 Å². The molecule has 1 aliphatic rings. The Hall–Kier alpha value is -2.53. The highest BCUT2D eigenvalue weighted by Crippen LogP contribution is 2.41. The van der Waals surface area contributed by atoms with E-state index in [2.05, 4.69) is 5.32 Å². The predicted octanol–water partition coefficient (Wildman–Crippen LogP) is 1.95. The fourth-order valence-electron chi connectivity index (χ4n) is 2.69. The highest BCUT2D eigenvalue weighted by atomic mass is 16.5. The molecule has 0 aliphatic carbocycles. The lowest BCUT2D eigenvalue weighted by Gasteiger charge is -2.25. The van der Waals surface area contributed by atoms with Gasteiger partial charge in [-0.3, -0.25) is 4.79 Å². The van der Waals surface area contributed by atoms with Crippen LogP contribution in [0.3, 0.4) is 0 Å². The number of aliphatic hydroxyl groups is 1. The van der Waals surface area contributed by atoms with E-state index in [0.29, 0.717) is 28.2 Å². The van der Waals surface area contributed by atoms with Crippen molar-refractivity contribution >= 4 is 5.91 Å². The van der Waals surface area contributed by atoms with Crippen molar-refractivity contribution < 1.29 is 19.4 Å². The van der Waals surface area contributed by atoms with Crippen molar-refractivity contribution in [3.8, 4) is 11.5 Å². The van der Waals surface area contributed by atoms with Crippen molar-refractivity contribution in [3.63, 3.8) is 0 Å². The maximum absolute atomic E-state index is 12.2. The molecule has 1 heterocycles. The van der Waals surface area contributed by atoms with Crippen molar-refractivity contribution in [2.45, 2.75) is 12.6 Å². The molecule has 2 N–H and O–H groups in total. The maximum Gasteiger partial charge on any atom is 0.254 e. The minimum Gasteiger partial charge on any atom is -0.493 e. The molecule has 0 fully saturated rings. The molecule has 0 radical (unpaired) electrons. The van der Waals surface area contributed by atoms with Gasteiger partial charge in [0.25, 0.3) is 5.91 Å². The molecular weight excluding hydrogens is 282 g/mol. The molecule has 0 bridgehead atoms.